The Bertz CT molecular complexity index is 416. The number of sulfonamides is 1. The highest BCUT2D eigenvalue weighted by atomic mass is 35.5. The lowest BCUT2D eigenvalue weighted by molar-refractivity contribution is 0.120. The topological polar surface area (TPSA) is 66.6 Å². The van der Waals surface area contributed by atoms with Crippen molar-refractivity contribution < 1.29 is 8.42 Å². The zero-order chi connectivity index (χ0) is 14.8. The molecule has 5 nitrogen and oxygen atoms in total. The molecule has 0 amide bonds. The summed E-state index contributed by atoms with van der Waals surface area (Å²) in [5.41, 5.74) is 6.03. The molecule has 21 heavy (non-hydrogen) atoms. The molecular formula is C14H30ClN3O2S. The fraction of sp³-hybridized carbons (Fsp3) is 1.00. The zero-order valence-electron chi connectivity index (χ0n) is 13.2. The van der Waals surface area contributed by atoms with Gasteiger partial charge in [-0.05, 0) is 51.0 Å². The molecule has 2 saturated heterocycles. The average Bonchev–Trinajstić information content (AvgIpc) is 2.38. The summed E-state index contributed by atoms with van der Waals surface area (Å²) in [6.07, 6.45) is 5.90. The van der Waals surface area contributed by atoms with Crippen molar-refractivity contribution in [3.63, 3.8) is 0 Å². The van der Waals surface area contributed by atoms with Crippen molar-refractivity contribution in [3.8, 4) is 0 Å². The van der Waals surface area contributed by atoms with Crippen LogP contribution in [0.4, 0.5) is 0 Å². The van der Waals surface area contributed by atoms with E-state index in [1.165, 1.54) is 19.1 Å². The van der Waals surface area contributed by atoms with E-state index in [-0.39, 0.29) is 18.4 Å². The van der Waals surface area contributed by atoms with Crippen LogP contribution < -0.4 is 5.73 Å². The van der Waals surface area contributed by atoms with Gasteiger partial charge in [-0.2, -0.15) is 0 Å². The van der Waals surface area contributed by atoms with E-state index in [4.69, 9.17) is 5.73 Å². The molecule has 2 rings (SSSR count). The van der Waals surface area contributed by atoms with E-state index in [1.807, 2.05) is 0 Å². The van der Waals surface area contributed by atoms with Gasteiger partial charge in [0.25, 0.3) is 0 Å². The smallest absolute Gasteiger partial charge is 0.211 e. The van der Waals surface area contributed by atoms with Crippen molar-refractivity contribution >= 4 is 22.4 Å². The van der Waals surface area contributed by atoms with Crippen LogP contribution in [0.5, 0.6) is 0 Å². The molecule has 0 aromatic heterocycles. The van der Waals surface area contributed by atoms with Gasteiger partial charge in [0.2, 0.25) is 10.0 Å². The van der Waals surface area contributed by atoms with E-state index in [0.717, 1.165) is 32.5 Å². The van der Waals surface area contributed by atoms with Crippen LogP contribution in [0, 0.1) is 11.8 Å². The van der Waals surface area contributed by atoms with E-state index >= 15 is 0 Å². The molecule has 2 fully saturated rings. The predicted molar refractivity (Wildman–Crippen MR) is 89.2 cm³/mol. The molecule has 126 valence electrons. The van der Waals surface area contributed by atoms with Crippen LogP contribution in [0.3, 0.4) is 0 Å². The molecule has 0 radical (unpaired) electrons. The number of piperidine rings is 2. The summed E-state index contributed by atoms with van der Waals surface area (Å²) < 4.78 is 25.0. The van der Waals surface area contributed by atoms with E-state index in [2.05, 4.69) is 11.8 Å². The number of nitrogens with two attached hydrogens (primary N) is 1. The molecule has 0 saturated carbocycles. The van der Waals surface area contributed by atoms with Crippen molar-refractivity contribution in [2.75, 3.05) is 39.0 Å². The van der Waals surface area contributed by atoms with E-state index in [0.29, 0.717) is 24.9 Å². The van der Waals surface area contributed by atoms with Gasteiger partial charge in [-0.3, -0.25) is 0 Å². The van der Waals surface area contributed by atoms with Crippen molar-refractivity contribution in [1.82, 2.24) is 9.21 Å². The molecule has 2 heterocycles. The fourth-order valence-electron chi connectivity index (χ4n) is 3.53. The Balaban J connectivity index is 0.00000220. The monoisotopic (exact) mass is 339 g/mol. The Kier molecular flexibility index (Phi) is 7.40. The van der Waals surface area contributed by atoms with Gasteiger partial charge in [-0.1, -0.05) is 0 Å². The summed E-state index contributed by atoms with van der Waals surface area (Å²) in [5.74, 6) is 1.07. The van der Waals surface area contributed by atoms with Gasteiger partial charge in [0, 0.05) is 32.2 Å². The Hall–Kier alpha value is 0.120. The summed E-state index contributed by atoms with van der Waals surface area (Å²) in [4.78, 5) is 2.49. The SMILES string of the molecule is CC(N)C1CCCN(CC2CCCN(S(C)(=O)=O)C2)C1.Cl. The lowest BCUT2D eigenvalue weighted by Gasteiger charge is -2.39. The van der Waals surface area contributed by atoms with Gasteiger partial charge in [0.05, 0.1) is 6.26 Å². The van der Waals surface area contributed by atoms with Crippen LogP contribution in [-0.2, 0) is 10.0 Å². The van der Waals surface area contributed by atoms with Gasteiger partial charge in [0.15, 0.2) is 0 Å². The fourth-order valence-corrected chi connectivity index (χ4v) is 4.47. The third-order valence-electron chi connectivity index (χ3n) is 4.75. The van der Waals surface area contributed by atoms with Crippen molar-refractivity contribution in [1.29, 1.82) is 0 Å². The number of nitrogens with zero attached hydrogens (tertiary/aromatic N) is 2. The van der Waals surface area contributed by atoms with Crippen LogP contribution in [-0.4, -0.2) is 62.6 Å². The minimum Gasteiger partial charge on any atom is -0.328 e. The van der Waals surface area contributed by atoms with Crippen LogP contribution in [0.15, 0.2) is 0 Å². The maximum absolute atomic E-state index is 11.7. The molecule has 3 unspecified atom stereocenters. The second-order valence-corrected chi connectivity index (χ2v) is 8.63. The number of hydrogen-bond acceptors (Lipinski definition) is 4. The lowest BCUT2D eigenvalue weighted by Crippen LogP contribution is -2.47. The minimum atomic E-state index is -3.03. The summed E-state index contributed by atoms with van der Waals surface area (Å²) in [6.45, 7) is 6.72. The zero-order valence-corrected chi connectivity index (χ0v) is 14.8. The summed E-state index contributed by atoms with van der Waals surface area (Å²) >= 11 is 0. The predicted octanol–water partition coefficient (Wildman–Crippen LogP) is 1.14. The molecule has 0 aliphatic carbocycles. The van der Waals surface area contributed by atoms with Gasteiger partial charge >= 0.3 is 0 Å². The number of hydrogen-bond donors (Lipinski definition) is 1. The van der Waals surface area contributed by atoms with E-state index in [1.54, 1.807) is 4.31 Å². The van der Waals surface area contributed by atoms with Crippen LogP contribution in [0.2, 0.25) is 0 Å². The standard InChI is InChI=1S/C14H29N3O2S.ClH/c1-12(15)14-6-4-7-16(11-14)9-13-5-3-8-17(10-13)20(2,18)19;/h12-14H,3-11,15H2,1-2H3;1H. The van der Waals surface area contributed by atoms with Crippen LogP contribution >= 0.6 is 12.4 Å². The molecule has 7 heteroatoms. The highest BCUT2D eigenvalue weighted by Crippen LogP contribution is 2.23. The summed E-state index contributed by atoms with van der Waals surface area (Å²) in [6, 6.07) is 0.261. The first-order valence-electron chi connectivity index (χ1n) is 7.79. The van der Waals surface area contributed by atoms with E-state index < -0.39 is 10.0 Å². The third kappa shape index (κ3) is 5.67. The first-order valence-corrected chi connectivity index (χ1v) is 9.64. The molecule has 2 N–H and O–H groups in total. The van der Waals surface area contributed by atoms with E-state index in [9.17, 15) is 8.42 Å². The Morgan fingerprint density at radius 3 is 2.48 bits per heavy atom. The molecule has 2 aliphatic rings. The second-order valence-electron chi connectivity index (χ2n) is 6.65. The van der Waals surface area contributed by atoms with Gasteiger partial charge in [-0.15, -0.1) is 12.4 Å². The molecule has 0 aromatic rings. The Morgan fingerprint density at radius 1 is 1.19 bits per heavy atom. The molecule has 3 atom stereocenters. The first-order chi connectivity index (χ1) is 9.36. The molecule has 2 aliphatic heterocycles. The van der Waals surface area contributed by atoms with Crippen molar-refractivity contribution in [3.05, 3.63) is 0 Å². The highest BCUT2D eigenvalue weighted by molar-refractivity contribution is 7.88. The second kappa shape index (κ2) is 8.11. The molecule has 0 bridgehead atoms. The normalized spacial score (nSPS) is 30.6. The summed E-state index contributed by atoms with van der Waals surface area (Å²) in [7, 11) is -3.03. The largest absolute Gasteiger partial charge is 0.328 e. The number of halogens is 1. The average molecular weight is 340 g/mol. The van der Waals surface area contributed by atoms with Crippen LogP contribution in [0.1, 0.15) is 32.6 Å². The third-order valence-corrected chi connectivity index (χ3v) is 6.02. The summed E-state index contributed by atoms with van der Waals surface area (Å²) in [5, 5.41) is 0. The Morgan fingerprint density at radius 2 is 1.86 bits per heavy atom. The van der Waals surface area contributed by atoms with Gasteiger partial charge in [0.1, 0.15) is 0 Å². The Labute approximate surface area is 135 Å². The van der Waals surface area contributed by atoms with Gasteiger partial charge in [-0.25, -0.2) is 12.7 Å². The quantitative estimate of drug-likeness (QED) is 0.834. The number of likely N-dealkylation sites (tertiary alicyclic amines) is 1. The van der Waals surface area contributed by atoms with Gasteiger partial charge < -0.3 is 10.6 Å². The van der Waals surface area contributed by atoms with Crippen molar-refractivity contribution in [2.24, 2.45) is 17.6 Å². The highest BCUT2D eigenvalue weighted by Gasteiger charge is 2.29. The first kappa shape index (κ1) is 19.2. The molecule has 0 spiro atoms. The van der Waals surface area contributed by atoms with Crippen molar-refractivity contribution in [2.45, 2.75) is 38.6 Å². The molecule has 0 aromatic carbocycles. The molecular weight excluding hydrogens is 310 g/mol. The number of rotatable bonds is 4. The maximum Gasteiger partial charge on any atom is 0.211 e. The van der Waals surface area contributed by atoms with Crippen LogP contribution in [0.25, 0.3) is 0 Å². The maximum atomic E-state index is 11.7. The minimum absolute atomic E-state index is 0. The lowest BCUT2D eigenvalue weighted by atomic mass is 9.90.